The van der Waals surface area contributed by atoms with Crippen LogP contribution in [0.15, 0.2) is 35.9 Å². The normalized spacial score (nSPS) is 28.3. The highest BCUT2D eigenvalue weighted by atomic mass is 16.5. The summed E-state index contributed by atoms with van der Waals surface area (Å²) < 4.78 is 6.37. The van der Waals surface area contributed by atoms with Crippen LogP contribution >= 0.6 is 0 Å². The number of amides is 5. The maximum atomic E-state index is 12.7. The van der Waals surface area contributed by atoms with Crippen LogP contribution in [0, 0.1) is 46.3 Å². The molecule has 0 heterocycles. The van der Waals surface area contributed by atoms with Gasteiger partial charge in [0.2, 0.25) is 29.5 Å². The average molecular weight is 820 g/mol. The second-order valence-corrected chi connectivity index (χ2v) is 19.1. The predicted molar refractivity (Wildman–Crippen MR) is 229 cm³/mol. The van der Waals surface area contributed by atoms with E-state index in [1.54, 1.807) is 29.8 Å². The number of nitrogens with one attached hydrogen (secondary N) is 4. The number of aliphatic hydroxyl groups is 1. The first-order valence-corrected chi connectivity index (χ1v) is 22.6. The number of carbonyl (C=O) groups is 5. The van der Waals surface area contributed by atoms with Gasteiger partial charge >= 0.3 is 0 Å². The molecule has 5 rings (SSSR count). The van der Waals surface area contributed by atoms with E-state index in [0.29, 0.717) is 36.2 Å². The zero-order valence-electron chi connectivity index (χ0n) is 36.4. The first kappa shape index (κ1) is 46.3. The maximum absolute atomic E-state index is 12.7. The summed E-state index contributed by atoms with van der Waals surface area (Å²) in [5.41, 5.74) is 8.84. The van der Waals surface area contributed by atoms with Crippen molar-refractivity contribution in [3.8, 4) is 0 Å². The zero-order valence-corrected chi connectivity index (χ0v) is 36.4. The minimum atomic E-state index is -1.29. The highest BCUT2D eigenvalue weighted by Crippen LogP contribution is 2.67. The van der Waals surface area contributed by atoms with Crippen LogP contribution in [0.4, 0.5) is 5.69 Å². The van der Waals surface area contributed by atoms with Gasteiger partial charge in [-0.25, -0.2) is 0 Å². The van der Waals surface area contributed by atoms with E-state index in [-0.39, 0.29) is 36.9 Å². The molecule has 2 unspecified atom stereocenters. The van der Waals surface area contributed by atoms with E-state index in [9.17, 15) is 24.0 Å². The maximum Gasteiger partial charge on any atom is 0.243 e. The smallest absolute Gasteiger partial charge is 0.243 e. The summed E-state index contributed by atoms with van der Waals surface area (Å²) in [4.78, 5) is 61.8. The van der Waals surface area contributed by atoms with E-state index >= 15 is 0 Å². The molecule has 12 heteroatoms. The number of ether oxygens (including phenoxy) is 1. The van der Waals surface area contributed by atoms with Crippen molar-refractivity contribution in [1.29, 1.82) is 0 Å². The van der Waals surface area contributed by atoms with Crippen molar-refractivity contribution >= 4 is 35.2 Å². The number of benzene rings is 1. The molecule has 5 amide bonds. The molecule has 0 radical (unpaired) electrons. The Labute approximate surface area is 352 Å². The Hall–Kier alpha value is -3.77. The Morgan fingerprint density at radius 3 is 2.34 bits per heavy atom. The average Bonchev–Trinajstić information content (AvgIpc) is 3.56. The van der Waals surface area contributed by atoms with Gasteiger partial charge in [0, 0.05) is 31.7 Å². The summed E-state index contributed by atoms with van der Waals surface area (Å²) in [5.74, 6) is 1.96. The Morgan fingerprint density at radius 2 is 1.63 bits per heavy atom. The van der Waals surface area contributed by atoms with E-state index in [0.717, 1.165) is 48.3 Å². The Morgan fingerprint density at radius 1 is 0.881 bits per heavy atom. The van der Waals surface area contributed by atoms with E-state index in [1.807, 2.05) is 0 Å². The van der Waals surface area contributed by atoms with Gasteiger partial charge in [-0.15, -0.1) is 0 Å². The van der Waals surface area contributed by atoms with Crippen LogP contribution in [-0.4, -0.2) is 66.5 Å². The largest absolute Gasteiger partial charge is 0.392 e. The Kier molecular flexibility index (Phi) is 16.6. The fourth-order valence-electron chi connectivity index (χ4n) is 11.5. The fourth-order valence-corrected chi connectivity index (χ4v) is 11.5. The number of carbonyl (C=O) groups excluding carboxylic acids is 5. The minimum absolute atomic E-state index is 0.0927. The van der Waals surface area contributed by atoms with Gasteiger partial charge < -0.3 is 36.8 Å². The van der Waals surface area contributed by atoms with Gasteiger partial charge in [0.1, 0.15) is 6.04 Å². The van der Waals surface area contributed by atoms with Crippen LogP contribution in [0.3, 0.4) is 0 Å². The van der Waals surface area contributed by atoms with Crippen molar-refractivity contribution in [2.45, 2.75) is 150 Å². The molecular formula is C47H73N5O7. The number of aliphatic hydroxyl groups excluding tert-OH is 1. The number of fused-ring (bicyclic) bond motifs is 5. The number of hydrogen-bond donors (Lipinski definition) is 6. The summed E-state index contributed by atoms with van der Waals surface area (Å²) in [5, 5.41) is 19.5. The molecule has 3 saturated carbocycles. The molecule has 4 aliphatic rings. The number of allylic oxidation sites excluding steroid dienone is 1. The van der Waals surface area contributed by atoms with Crippen molar-refractivity contribution in [2.24, 2.45) is 52.1 Å². The molecule has 0 spiro atoms. The van der Waals surface area contributed by atoms with E-state index < -0.39 is 42.6 Å². The number of nitrogens with two attached hydrogens (primary N) is 1. The third-order valence-corrected chi connectivity index (χ3v) is 14.7. The van der Waals surface area contributed by atoms with E-state index in [2.05, 4.69) is 62.0 Å². The second-order valence-electron chi connectivity index (χ2n) is 19.1. The molecule has 0 aromatic heterocycles. The van der Waals surface area contributed by atoms with Crippen LogP contribution in [0.2, 0.25) is 0 Å². The summed E-state index contributed by atoms with van der Waals surface area (Å²) in [6.07, 6.45) is 16.9. The third kappa shape index (κ3) is 12.2. The van der Waals surface area contributed by atoms with Crippen molar-refractivity contribution < 1.29 is 33.8 Å². The van der Waals surface area contributed by atoms with Gasteiger partial charge in [0.05, 0.1) is 25.7 Å². The van der Waals surface area contributed by atoms with Crippen LogP contribution in [0.5, 0.6) is 0 Å². The third-order valence-electron chi connectivity index (χ3n) is 14.7. The van der Waals surface area contributed by atoms with E-state index in [1.165, 1.54) is 57.8 Å². The van der Waals surface area contributed by atoms with Crippen LogP contribution < -0.4 is 27.0 Å². The molecule has 9 atom stereocenters. The summed E-state index contributed by atoms with van der Waals surface area (Å²) in [6, 6.07) is 5.23. The van der Waals surface area contributed by atoms with Gasteiger partial charge in [-0.3, -0.25) is 24.0 Å². The molecule has 0 saturated heterocycles. The first-order chi connectivity index (χ1) is 28.1. The summed E-state index contributed by atoms with van der Waals surface area (Å²) in [6.45, 7) is 12.9. The molecular weight excluding hydrogens is 747 g/mol. The Balaban J connectivity index is 0.978. The minimum Gasteiger partial charge on any atom is -0.392 e. The lowest BCUT2D eigenvalue weighted by atomic mass is 9.47. The SMILES string of the molecule is CC(C)CCCC(C)[C@H]1CC[C@H]2[C@@H]3CC=C4C[C@@H](OCCCNC(=O)CCC(=O)NC(CC(N)=O)C(=O)NCC(=O)Nc5ccc(CO)cc5)CC[C@]4(C)[C@H]3CC[C@]12C. The topological polar surface area (TPSA) is 189 Å². The van der Waals surface area contributed by atoms with Gasteiger partial charge in [0.25, 0.3) is 0 Å². The molecule has 7 N–H and O–H groups in total. The molecule has 0 aliphatic heterocycles. The van der Waals surface area contributed by atoms with E-state index in [4.69, 9.17) is 15.6 Å². The summed E-state index contributed by atoms with van der Waals surface area (Å²) >= 11 is 0. The number of hydrogen-bond acceptors (Lipinski definition) is 7. The van der Waals surface area contributed by atoms with Gasteiger partial charge in [0.15, 0.2) is 0 Å². The van der Waals surface area contributed by atoms with Crippen molar-refractivity contribution in [3.05, 3.63) is 41.5 Å². The van der Waals surface area contributed by atoms with Gasteiger partial charge in [-0.2, -0.15) is 0 Å². The molecule has 0 bridgehead atoms. The second kappa shape index (κ2) is 21.2. The molecule has 12 nitrogen and oxygen atoms in total. The zero-order chi connectivity index (χ0) is 42.7. The van der Waals surface area contributed by atoms with Crippen molar-refractivity contribution in [1.82, 2.24) is 16.0 Å². The predicted octanol–water partition coefficient (Wildman–Crippen LogP) is 6.31. The highest BCUT2D eigenvalue weighted by Gasteiger charge is 2.59. The standard InChI is InChI=1S/C47H73N5O7/c1-30(2)8-6-9-31(3)37-16-17-38-36-15-12-33-26-35(20-22-46(33,4)39(36)21-23-47(37,38)5)59-25-7-24-49-42(55)18-19-43(56)52-40(27-41(48)54)45(58)50-28-44(57)51-34-13-10-32(29-53)11-14-34/h10-14,30-31,35-40,53H,6-9,15-29H2,1-5H3,(H2,48,54)(H,49,55)(H,50,58)(H,51,57)(H,52,56)/t31?,35-,36-,37+,38-,39-,40?,46-,47+/m0/s1. The molecule has 1 aromatic carbocycles. The fraction of sp³-hybridized carbons (Fsp3) is 0.723. The molecule has 4 aliphatic carbocycles. The molecule has 3 fully saturated rings. The van der Waals surface area contributed by atoms with Gasteiger partial charge in [-0.1, -0.05) is 77.7 Å². The monoisotopic (exact) mass is 820 g/mol. The number of anilines is 1. The molecule has 1 aromatic rings. The Bertz CT molecular complexity index is 1650. The lowest BCUT2D eigenvalue weighted by Crippen LogP contribution is -2.51. The summed E-state index contributed by atoms with van der Waals surface area (Å²) in [7, 11) is 0. The van der Waals surface area contributed by atoms with Crippen molar-refractivity contribution in [3.63, 3.8) is 0 Å². The van der Waals surface area contributed by atoms with Crippen LogP contribution in [0.25, 0.3) is 0 Å². The van der Waals surface area contributed by atoms with Crippen molar-refractivity contribution in [2.75, 3.05) is 25.0 Å². The first-order valence-electron chi connectivity index (χ1n) is 22.6. The number of primary amides is 1. The quantitative estimate of drug-likeness (QED) is 0.0620. The molecule has 59 heavy (non-hydrogen) atoms. The molecule has 328 valence electrons. The number of rotatable bonds is 21. The lowest BCUT2D eigenvalue weighted by molar-refractivity contribution is -0.132. The highest BCUT2D eigenvalue weighted by molar-refractivity contribution is 5.97. The van der Waals surface area contributed by atoms with Gasteiger partial charge in [-0.05, 0) is 122 Å². The van der Waals surface area contributed by atoms with Crippen LogP contribution in [0.1, 0.15) is 136 Å². The lowest BCUT2D eigenvalue weighted by Gasteiger charge is -2.58. The van der Waals surface area contributed by atoms with Crippen LogP contribution in [-0.2, 0) is 35.3 Å².